The van der Waals surface area contributed by atoms with Gasteiger partial charge >= 0.3 is 5.63 Å². The molecule has 0 aliphatic heterocycles. The molecule has 0 fully saturated rings. The lowest BCUT2D eigenvalue weighted by Gasteiger charge is -2.22. The molecule has 124 valence electrons. The lowest BCUT2D eigenvalue weighted by atomic mass is 10.1. The second-order valence-corrected chi connectivity index (χ2v) is 6.04. The Hall–Kier alpha value is -1.81. The number of hydrogen-bond donors (Lipinski definition) is 0. The van der Waals surface area contributed by atoms with Crippen LogP contribution < -0.4 is 5.63 Å². The zero-order valence-electron chi connectivity index (χ0n) is 13.6. The van der Waals surface area contributed by atoms with E-state index in [-0.39, 0.29) is 10.9 Å². The number of amides is 1. The van der Waals surface area contributed by atoms with Crippen LogP contribution in [0, 0.1) is 0 Å². The van der Waals surface area contributed by atoms with Gasteiger partial charge < -0.3 is 9.32 Å². The average Bonchev–Trinajstić information content (AvgIpc) is 2.55. The molecule has 2 aromatic rings. The highest BCUT2D eigenvalue weighted by Crippen LogP contribution is 2.25. The van der Waals surface area contributed by atoms with Gasteiger partial charge in [-0.3, -0.25) is 4.79 Å². The van der Waals surface area contributed by atoms with Crippen molar-refractivity contribution in [3.05, 3.63) is 45.3 Å². The first-order chi connectivity index (χ1) is 11.1. The average molecular weight is 336 g/mol. The van der Waals surface area contributed by atoms with Crippen LogP contribution in [0.15, 0.2) is 33.5 Å². The molecule has 0 aliphatic carbocycles. The van der Waals surface area contributed by atoms with E-state index in [0.717, 1.165) is 38.8 Å². The smallest absolute Gasteiger partial charge is 0.336 e. The van der Waals surface area contributed by atoms with Crippen LogP contribution in [0.2, 0.25) is 5.02 Å². The van der Waals surface area contributed by atoms with Crippen LogP contribution >= 0.6 is 11.6 Å². The highest BCUT2D eigenvalue weighted by atomic mass is 35.5. The maximum Gasteiger partial charge on any atom is 0.336 e. The van der Waals surface area contributed by atoms with Crippen molar-refractivity contribution in [2.24, 2.45) is 0 Å². The zero-order valence-corrected chi connectivity index (χ0v) is 14.4. The fourth-order valence-corrected chi connectivity index (χ4v) is 2.72. The molecular formula is C18H22ClNO3. The van der Waals surface area contributed by atoms with E-state index in [9.17, 15) is 9.59 Å². The summed E-state index contributed by atoms with van der Waals surface area (Å²) in [5.74, 6) is -0.0260. The standard InChI is InChI=1S/C18H22ClNO3/c1-3-5-9-20(10-6-4-2)18(22)14-11-13-7-8-16(21)23-17(13)15(19)12-14/h7-8,11-12H,3-6,9-10H2,1-2H3. The Labute approximate surface area is 141 Å². The molecule has 1 heterocycles. The van der Waals surface area contributed by atoms with Gasteiger partial charge in [0.15, 0.2) is 5.58 Å². The minimum absolute atomic E-state index is 0.0260. The van der Waals surface area contributed by atoms with Crippen molar-refractivity contribution in [3.63, 3.8) is 0 Å². The van der Waals surface area contributed by atoms with E-state index in [0.29, 0.717) is 16.5 Å². The van der Waals surface area contributed by atoms with Gasteiger partial charge in [0.2, 0.25) is 0 Å². The fraction of sp³-hybridized carbons (Fsp3) is 0.444. The van der Waals surface area contributed by atoms with Crippen molar-refractivity contribution < 1.29 is 9.21 Å². The van der Waals surface area contributed by atoms with E-state index in [2.05, 4.69) is 13.8 Å². The number of benzene rings is 1. The van der Waals surface area contributed by atoms with Crippen LogP contribution in [0.25, 0.3) is 11.0 Å². The molecule has 4 nitrogen and oxygen atoms in total. The molecule has 2 rings (SSSR count). The Morgan fingerprint density at radius 3 is 2.39 bits per heavy atom. The van der Waals surface area contributed by atoms with Crippen LogP contribution in [0.5, 0.6) is 0 Å². The number of rotatable bonds is 7. The quantitative estimate of drug-likeness (QED) is 0.700. The Kier molecular flexibility index (Phi) is 6.22. The maximum atomic E-state index is 12.8. The molecular weight excluding hydrogens is 314 g/mol. The van der Waals surface area contributed by atoms with Crippen LogP contribution in [0.1, 0.15) is 49.9 Å². The topological polar surface area (TPSA) is 50.5 Å². The third-order valence-corrected chi connectivity index (χ3v) is 4.05. The van der Waals surface area contributed by atoms with E-state index >= 15 is 0 Å². The Morgan fingerprint density at radius 2 is 1.78 bits per heavy atom. The second-order valence-electron chi connectivity index (χ2n) is 5.63. The van der Waals surface area contributed by atoms with Crippen LogP contribution in [0.3, 0.4) is 0 Å². The molecule has 0 unspecified atom stereocenters. The summed E-state index contributed by atoms with van der Waals surface area (Å²) in [6, 6.07) is 6.28. The van der Waals surface area contributed by atoms with E-state index in [1.54, 1.807) is 18.2 Å². The molecule has 0 N–H and O–H groups in total. The first-order valence-electron chi connectivity index (χ1n) is 8.09. The van der Waals surface area contributed by atoms with Gasteiger partial charge in [-0.25, -0.2) is 4.79 Å². The molecule has 0 radical (unpaired) electrons. The van der Waals surface area contributed by atoms with Gasteiger partial charge in [-0.2, -0.15) is 0 Å². The molecule has 0 atom stereocenters. The molecule has 1 amide bonds. The lowest BCUT2D eigenvalue weighted by molar-refractivity contribution is 0.0751. The lowest BCUT2D eigenvalue weighted by Crippen LogP contribution is -2.33. The molecule has 0 saturated carbocycles. The van der Waals surface area contributed by atoms with Gasteiger partial charge in [0.05, 0.1) is 5.02 Å². The van der Waals surface area contributed by atoms with Crippen molar-refractivity contribution in [1.82, 2.24) is 4.90 Å². The van der Waals surface area contributed by atoms with Gasteiger partial charge in [0, 0.05) is 30.1 Å². The summed E-state index contributed by atoms with van der Waals surface area (Å²) in [6.45, 7) is 5.71. The summed E-state index contributed by atoms with van der Waals surface area (Å²) >= 11 is 6.19. The predicted molar refractivity (Wildman–Crippen MR) is 93.2 cm³/mol. The van der Waals surface area contributed by atoms with Gasteiger partial charge in [-0.1, -0.05) is 38.3 Å². The van der Waals surface area contributed by atoms with Crippen LogP contribution in [-0.4, -0.2) is 23.9 Å². The SMILES string of the molecule is CCCCN(CCCC)C(=O)c1cc(Cl)c2oc(=O)ccc2c1. The minimum atomic E-state index is -0.453. The molecule has 23 heavy (non-hydrogen) atoms. The summed E-state index contributed by atoms with van der Waals surface area (Å²) in [5.41, 5.74) is 0.402. The molecule has 0 aliphatic rings. The normalized spacial score (nSPS) is 10.9. The molecule has 0 saturated heterocycles. The van der Waals surface area contributed by atoms with E-state index in [1.807, 2.05) is 4.90 Å². The fourth-order valence-electron chi connectivity index (χ4n) is 2.46. The van der Waals surface area contributed by atoms with Crippen molar-refractivity contribution in [2.45, 2.75) is 39.5 Å². The highest BCUT2D eigenvalue weighted by molar-refractivity contribution is 6.35. The number of carbonyl (C=O) groups is 1. The van der Waals surface area contributed by atoms with Gasteiger partial charge in [-0.15, -0.1) is 0 Å². The summed E-state index contributed by atoms with van der Waals surface area (Å²) in [5, 5.41) is 0.945. The number of unbranched alkanes of at least 4 members (excludes halogenated alkanes) is 2. The maximum absolute atomic E-state index is 12.8. The monoisotopic (exact) mass is 335 g/mol. The first-order valence-corrected chi connectivity index (χ1v) is 8.47. The zero-order chi connectivity index (χ0) is 16.8. The van der Waals surface area contributed by atoms with Crippen molar-refractivity contribution in [2.75, 3.05) is 13.1 Å². The number of fused-ring (bicyclic) bond motifs is 1. The number of carbonyl (C=O) groups excluding carboxylic acids is 1. The van der Waals surface area contributed by atoms with E-state index < -0.39 is 5.63 Å². The molecule has 0 spiro atoms. The summed E-state index contributed by atoms with van der Waals surface area (Å²) in [7, 11) is 0. The summed E-state index contributed by atoms with van der Waals surface area (Å²) in [4.78, 5) is 26.0. The highest BCUT2D eigenvalue weighted by Gasteiger charge is 2.17. The third-order valence-electron chi connectivity index (χ3n) is 3.77. The number of nitrogens with zero attached hydrogens (tertiary/aromatic N) is 1. The van der Waals surface area contributed by atoms with Gasteiger partial charge in [-0.05, 0) is 31.0 Å². The number of halogens is 1. The Morgan fingerprint density at radius 1 is 1.13 bits per heavy atom. The van der Waals surface area contributed by atoms with E-state index in [1.165, 1.54) is 6.07 Å². The van der Waals surface area contributed by atoms with Gasteiger partial charge in [0.25, 0.3) is 5.91 Å². The first kappa shape index (κ1) is 17.5. The van der Waals surface area contributed by atoms with Crippen molar-refractivity contribution in [1.29, 1.82) is 0 Å². The molecule has 0 bridgehead atoms. The molecule has 1 aromatic heterocycles. The second kappa shape index (κ2) is 8.16. The van der Waals surface area contributed by atoms with Crippen LogP contribution in [-0.2, 0) is 0 Å². The molecule has 5 heteroatoms. The van der Waals surface area contributed by atoms with Crippen molar-refractivity contribution in [3.8, 4) is 0 Å². The van der Waals surface area contributed by atoms with Crippen molar-refractivity contribution >= 4 is 28.5 Å². The predicted octanol–water partition coefficient (Wildman–Crippen LogP) is 4.49. The minimum Gasteiger partial charge on any atom is -0.421 e. The van der Waals surface area contributed by atoms with E-state index in [4.69, 9.17) is 16.0 Å². The summed E-state index contributed by atoms with van der Waals surface area (Å²) in [6.07, 6.45) is 4.04. The van der Waals surface area contributed by atoms with Gasteiger partial charge in [0.1, 0.15) is 0 Å². The number of hydrogen-bond acceptors (Lipinski definition) is 3. The van der Waals surface area contributed by atoms with Crippen LogP contribution in [0.4, 0.5) is 0 Å². The third kappa shape index (κ3) is 4.35. The Balaban J connectivity index is 2.34. The Bertz CT molecular complexity index is 731. The summed E-state index contributed by atoms with van der Waals surface area (Å²) < 4.78 is 5.11. The molecule has 1 aromatic carbocycles. The largest absolute Gasteiger partial charge is 0.421 e.